The first-order valence-corrected chi connectivity index (χ1v) is 30.8. The van der Waals surface area contributed by atoms with Crippen LogP contribution < -0.4 is 5.32 Å². The maximum Gasteiger partial charge on any atom is 0.472 e. The first-order chi connectivity index (χ1) is 33.4. The summed E-state index contributed by atoms with van der Waals surface area (Å²) in [6.07, 6.45) is 58.4. The highest BCUT2D eigenvalue weighted by atomic mass is 31.2. The van der Waals surface area contributed by atoms with E-state index in [1.54, 1.807) is 0 Å². The minimum atomic E-state index is -4.44. The molecule has 3 unspecified atom stereocenters. The average Bonchev–Trinajstić information content (AvgIpc) is 3.31. The summed E-state index contributed by atoms with van der Waals surface area (Å²) < 4.78 is 30.6. The van der Waals surface area contributed by atoms with Crippen LogP contribution >= 0.6 is 7.82 Å². The molecule has 0 spiro atoms. The monoisotopic (exact) mass is 994 g/mol. The maximum atomic E-state index is 13.5. The molecule has 0 fully saturated rings. The number of esters is 1. The third kappa shape index (κ3) is 51.0. The van der Waals surface area contributed by atoms with Crippen LogP contribution in [0.15, 0.2) is 36.5 Å². The maximum absolute atomic E-state index is 13.5. The van der Waals surface area contributed by atoms with Crippen molar-refractivity contribution in [1.82, 2.24) is 5.32 Å². The van der Waals surface area contributed by atoms with Gasteiger partial charge in [0.1, 0.15) is 19.3 Å². The van der Waals surface area contributed by atoms with Gasteiger partial charge in [-0.15, -0.1) is 0 Å². The van der Waals surface area contributed by atoms with E-state index in [-0.39, 0.29) is 31.5 Å². The normalized spacial score (nSPS) is 14.0. The number of amides is 1. The van der Waals surface area contributed by atoms with Crippen molar-refractivity contribution in [2.24, 2.45) is 0 Å². The van der Waals surface area contributed by atoms with E-state index in [2.05, 4.69) is 50.4 Å². The SMILES string of the molecule is CCCCC/C=C\C/C=C\CCCCCCCCCC(=O)OC(/C=C/CCCCCCCCCCCC)C(COP(=O)(O)OCC[N+](C)(C)C)NC(=O)CCCCCCCCCCCCCCCC. The van der Waals surface area contributed by atoms with Crippen LogP contribution in [0.3, 0.4) is 0 Å². The van der Waals surface area contributed by atoms with Gasteiger partial charge in [0.15, 0.2) is 0 Å². The third-order valence-corrected chi connectivity index (χ3v) is 14.1. The van der Waals surface area contributed by atoms with Crippen molar-refractivity contribution in [2.45, 2.75) is 290 Å². The molecule has 0 saturated carbocycles. The van der Waals surface area contributed by atoms with Crippen molar-refractivity contribution in [3.05, 3.63) is 36.5 Å². The van der Waals surface area contributed by atoms with Gasteiger partial charge in [0, 0.05) is 12.8 Å². The summed E-state index contributed by atoms with van der Waals surface area (Å²) in [4.78, 5) is 37.6. The van der Waals surface area contributed by atoms with Crippen LogP contribution in [-0.4, -0.2) is 74.3 Å². The minimum absolute atomic E-state index is 0.0410. The molecule has 9 nitrogen and oxygen atoms in total. The predicted octanol–water partition coefficient (Wildman–Crippen LogP) is 17.6. The Kier molecular flexibility index (Phi) is 48.5. The lowest BCUT2D eigenvalue weighted by atomic mass is 10.0. The Labute approximate surface area is 427 Å². The van der Waals surface area contributed by atoms with Crippen LogP contribution in [-0.2, 0) is 27.9 Å². The van der Waals surface area contributed by atoms with Crippen molar-refractivity contribution in [3.63, 3.8) is 0 Å². The van der Waals surface area contributed by atoms with Gasteiger partial charge in [-0.3, -0.25) is 18.6 Å². The van der Waals surface area contributed by atoms with Crippen molar-refractivity contribution in [3.8, 4) is 0 Å². The Morgan fingerprint density at radius 3 is 1.33 bits per heavy atom. The van der Waals surface area contributed by atoms with Gasteiger partial charge in [0.05, 0.1) is 33.8 Å². The minimum Gasteiger partial charge on any atom is -0.456 e. The molecule has 69 heavy (non-hydrogen) atoms. The van der Waals surface area contributed by atoms with Gasteiger partial charge in [0.25, 0.3) is 0 Å². The van der Waals surface area contributed by atoms with E-state index >= 15 is 0 Å². The van der Waals surface area contributed by atoms with E-state index in [4.69, 9.17) is 13.8 Å². The molecule has 0 aromatic rings. The second kappa shape index (κ2) is 49.8. The summed E-state index contributed by atoms with van der Waals surface area (Å²) >= 11 is 0. The molecule has 0 aliphatic heterocycles. The number of quaternary nitrogens is 1. The van der Waals surface area contributed by atoms with Gasteiger partial charge in [0.2, 0.25) is 5.91 Å². The molecule has 0 aromatic heterocycles. The van der Waals surface area contributed by atoms with E-state index in [1.165, 1.54) is 167 Å². The fourth-order valence-corrected chi connectivity index (χ4v) is 9.24. The number of nitrogens with zero attached hydrogens (tertiary/aromatic N) is 1. The van der Waals surface area contributed by atoms with E-state index in [0.29, 0.717) is 17.4 Å². The smallest absolute Gasteiger partial charge is 0.456 e. The Morgan fingerprint density at radius 1 is 0.507 bits per heavy atom. The zero-order valence-electron chi connectivity index (χ0n) is 46.3. The molecule has 2 N–H and O–H groups in total. The number of phosphoric ester groups is 1. The molecule has 0 bridgehead atoms. The van der Waals surface area contributed by atoms with Crippen LogP contribution in [0.5, 0.6) is 0 Å². The number of hydrogen-bond donors (Lipinski definition) is 2. The predicted molar refractivity (Wildman–Crippen MR) is 296 cm³/mol. The molecule has 0 aliphatic rings. The van der Waals surface area contributed by atoms with Gasteiger partial charge in [-0.1, -0.05) is 237 Å². The molecule has 1 amide bonds. The Balaban J connectivity index is 5.32. The van der Waals surface area contributed by atoms with Crippen molar-refractivity contribution >= 4 is 19.7 Å². The lowest BCUT2D eigenvalue weighted by Gasteiger charge is -2.27. The third-order valence-electron chi connectivity index (χ3n) is 13.1. The fraction of sp³-hybridized carbons (Fsp3) is 0.864. The molecule has 0 aliphatic carbocycles. The number of allylic oxidation sites excluding steroid dienone is 5. The van der Waals surface area contributed by atoms with E-state index in [0.717, 1.165) is 77.0 Å². The quantitative estimate of drug-likeness (QED) is 0.0205. The zero-order valence-corrected chi connectivity index (χ0v) is 47.2. The van der Waals surface area contributed by atoms with Gasteiger partial charge in [-0.05, 0) is 63.9 Å². The molecule has 0 radical (unpaired) electrons. The van der Waals surface area contributed by atoms with Crippen LogP contribution in [0.1, 0.15) is 278 Å². The number of hydrogen-bond acceptors (Lipinski definition) is 6. The van der Waals surface area contributed by atoms with Gasteiger partial charge < -0.3 is 19.4 Å². The van der Waals surface area contributed by atoms with Crippen LogP contribution in [0.2, 0.25) is 0 Å². The molecule has 3 atom stereocenters. The number of unbranched alkanes of at least 4 members (excludes halogenated alkanes) is 33. The molecular weight excluding hydrogens is 880 g/mol. The highest BCUT2D eigenvalue weighted by molar-refractivity contribution is 7.47. The van der Waals surface area contributed by atoms with Crippen LogP contribution in [0, 0.1) is 0 Å². The first-order valence-electron chi connectivity index (χ1n) is 29.3. The average molecular weight is 995 g/mol. The summed E-state index contributed by atoms with van der Waals surface area (Å²) in [5, 5.41) is 3.05. The number of phosphoric acid groups is 1. The molecule has 0 aromatic carbocycles. The van der Waals surface area contributed by atoms with Crippen molar-refractivity contribution < 1.29 is 37.3 Å². The Morgan fingerprint density at radius 2 is 0.884 bits per heavy atom. The summed E-state index contributed by atoms with van der Waals surface area (Å²) in [7, 11) is 1.50. The number of rotatable bonds is 53. The van der Waals surface area contributed by atoms with Gasteiger partial charge in [-0.2, -0.15) is 0 Å². The van der Waals surface area contributed by atoms with Gasteiger partial charge in [-0.25, -0.2) is 4.57 Å². The van der Waals surface area contributed by atoms with Crippen LogP contribution in [0.25, 0.3) is 0 Å². The fourth-order valence-electron chi connectivity index (χ4n) is 8.50. The standard InChI is InChI=1S/C59H113N2O7P/c1-7-10-13-16-19-22-25-28-30-31-32-34-37-40-43-46-49-52-59(63)68-57(50-47-44-41-38-35-27-24-21-18-15-12-9-3)56(55-67-69(64,65)66-54-53-61(4,5)6)60-58(62)51-48-45-42-39-36-33-29-26-23-20-17-14-11-8-2/h19,22,28,30,47,50,56-57H,7-18,20-21,23-27,29,31-46,48-49,51-55H2,1-6H3,(H-,60,62,64,65)/p+1/b22-19-,30-28-,50-47+. The second-order valence-electron chi connectivity index (χ2n) is 21.2. The molecule has 0 heterocycles. The topological polar surface area (TPSA) is 111 Å². The molecular formula is C59H114N2O7P+. The number of ether oxygens (including phenoxy) is 1. The van der Waals surface area contributed by atoms with Crippen molar-refractivity contribution in [1.29, 1.82) is 0 Å². The summed E-state index contributed by atoms with van der Waals surface area (Å²) in [5.74, 6) is -0.504. The number of carbonyl (C=O) groups excluding carboxylic acids is 2. The molecule has 406 valence electrons. The van der Waals surface area contributed by atoms with Gasteiger partial charge >= 0.3 is 13.8 Å². The van der Waals surface area contributed by atoms with E-state index < -0.39 is 20.0 Å². The second-order valence-corrected chi connectivity index (χ2v) is 22.6. The number of carbonyl (C=O) groups is 2. The highest BCUT2D eigenvalue weighted by Crippen LogP contribution is 2.43. The van der Waals surface area contributed by atoms with E-state index in [9.17, 15) is 19.0 Å². The molecule has 10 heteroatoms. The lowest BCUT2D eigenvalue weighted by molar-refractivity contribution is -0.870. The van der Waals surface area contributed by atoms with Crippen molar-refractivity contribution in [2.75, 3.05) is 40.9 Å². The number of likely N-dealkylation sites (N-methyl/N-ethyl adjacent to an activating group) is 1. The zero-order chi connectivity index (χ0) is 50.8. The summed E-state index contributed by atoms with van der Waals surface area (Å²) in [6, 6.07) is -0.846. The Hall–Kier alpha value is -1.77. The van der Waals surface area contributed by atoms with Crippen LogP contribution in [0.4, 0.5) is 0 Å². The Bertz CT molecular complexity index is 1280. The molecule has 0 saturated heterocycles. The summed E-state index contributed by atoms with van der Waals surface area (Å²) in [6.45, 7) is 7.00. The number of nitrogens with one attached hydrogen (secondary N) is 1. The lowest BCUT2D eigenvalue weighted by Crippen LogP contribution is -2.47. The largest absolute Gasteiger partial charge is 0.472 e. The summed E-state index contributed by atoms with van der Waals surface area (Å²) in [5.41, 5.74) is 0. The van der Waals surface area contributed by atoms with E-state index in [1.807, 2.05) is 33.3 Å². The molecule has 0 rings (SSSR count). The highest BCUT2D eigenvalue weighted by Gasteiger charge is 2.30. The first kappa shape index (κ1) is 67.2.